The number of hydrogen-bond acceptors (Lipinski definition) is 4. The molecule has 26 heavy (non-hydrogen) atoms. The fraction of sp³-hybridized carbons (Fsp3) is 0.158. The molecule has 0 aliphatic rings. The SMILES string of the molecule is COCCN=c1scc(-c2ccc(Br)cc2)n1N=Cc1ccc(F)cc1. The van der Waals surface area contributed by atoms with Crippen LogP contribution in [0.2, 0.25) is 0 Å². The van der Waals surface area contributed by atoms with E-state index >= 15 is 0 Å². The van der Waals surface area contributed by atoms with Crippen molar-refractivity contribution >= 4 is 33.5 Å². The minimum atomic E-state index is -0.267. The van der Waals surface area contributed by atoms with Gasteiger partial charge in [-0.05, 0) is 29.8 Å². The number of hydrogen-bond donors (Lipinski definition) is 0. The largest absolute Gasteiger partial charge is 0.383 e. The number of aromatic nitrogens is 1. The Morgan fingerprint density at radius 2 is 1.88 bits per heavy atom. The van der Waals surface area contributed by atoms with Gasteiger partial charge in [-0.2, -0.15) is 5.10 Å². The summed E-state index contributed by atoms with van der Waals surface area (Å²) in [5.41, 5.74) is 2.79. The summed E-state index contributed by atoms with van der Waals surface area (Å²) in [5, 5.41) is 6.60. The zero-order valence-electron chi connectivity index (χ0n) is 14.1. The Morgan fingerprint density at radius 3 is 2.58 bits per heavy atom. The molecule has 0 spiro atoms. The Morgan fingerprint density at radius 1 is 1.15 bits per heavy atom. The van der Waals surface area contributed by atoms with Gasteiger partial charge in [-0.25, -0.2) is 9.07 Å². The van der Waals surface area contributed by atoms with Crippen LogP contribution in [0.5, 0.6) is 0 Å². The average Bonchev–Trinajstić information content (AvgIpc) is 3.05. The molecule has 0 atom stereocenters. The van der Waals surface area contributed by atoms with Crippen molar-refractivity contribution in [2.75, 3.05) is 20.3 Å². The average molecular weight is 434 g/mol. The van der Waals surface area contributed by atoms with Crippen LogP contribution in [0, 0.1) is 5.82 Å². The number of nitrogens with zero attached hydrogens (tertiary/aromatic N) is 3. The molecule has 0 bridgehead atoms. The lowest BCUT2D eigenvalue weighted by molar-refractivity contribution is 0.207. The molecule has 3 aromatic rings. The fourth-order valence-corrected chi connectivity index (χ4v) is 3.37. The first-order chi connectivity index (χ1) is 12.7. The summed E-state index contributed by atoms with van der Waals surface area (Å²) in [7, 11) is 1.65. The fourth-order valence-electron chi connectivity index (χ4n) is 2.24. The lowest BCUT2D eigenvalue weighted by Gasteiger charge is -2.04. The van der Waals surface area contributed by atoms with Crippen LogP contribution in [0.15, 0.2) is 68.5 Å². The topological polar surface area (TPSA) is 38.9 Å². The van der Waals surface area contributed by atoms with Gasteiger partial charge in [0.05, 0.1) is 25.1 Å². The van der Waals surface area contributed by atoms with Gasteiger partial charge in [-0.1, -0.05) is 40.2 Å². The van der Waals surface area contributed by atoms with Gasteiger partial charge in [0.25, 0.3) is 0 Å². The molecule has 2 aromatic carbocycles. The van der Waals surface area contributed by atoms with E-state index in [0.29, 0.717) is 13.2 Å². The van der Waals surface area contributed by atoms with Crippen LogP contribution in [0.4, 0.5) is 4.39 Å². The summed E-state index contributed by atoms with van der Waals surface area (Å²) in [4.78, 5) is 5.34. The summed E-state index contributed by atoms with van der Waals surface area (Å²) in [6.07, 6.45) is 1.70. The van der Waals surface area contributed by atoms with E-state index in [9.17, 15) is 4.39 Å². The second-order valence-corrected chi connectivity index (χ2v) is 7.15. The standard InChI is InChI=1S/C19H17BrFN3OS/c1-25-11-10-22-19-24(23-12-14-2-8-17(21)9-3-14)18(13-26-19)15-4-6-16(20)7-5-15/h2-9,12-13H,10-11H2,1H3. The summed E-state index contributed by atoms with van der Waals surface area (Å²) in [6.45, 7) is 1.11. The molecule has 1 heterocycles. The maximum atomic E-state index is 13.1. The molecule has 3 rings (SSSR count). The van der Waals surface area contributed by atoms with Crippen LogP contribution < -0.4 is 4.80 Å². The normalized spacial score (nSPS) is 12.2. The smallest absolute Gasteiger partial charge is 0.206 e. The minimum Gasteiger partial charge on any atom is -0.383 e. The third-order valence-corrected chi connectivity index (χ3v) is 4.94. The highest BCUT2D eigenvalue weighted by molar-refractivity contribution is 9.10. The molecule has 0 aliphatic heterocycles. The maximum Gasteiger partial charge on any atom is 0.206 e. The van der Waals surface area contributed by atoms with Gasteiger partial charge in [-0.15, -0.1) is 11.3 Å². The van der Waals surface area contributed by atoms with Crippen LogP contribution in [0.1, 0.15) is 5.56 Å². The van der Waals surface area contributed by atoms with E-state index in [1.165, 1.54) is 23.5 Å². The number of thiazole rings is 1. The lowest BCUT2D eigenvalue weighted by atomic mass is 10.2. The Bertz CT molecular complexity index is 946. The Balaban J connectivity index is 2.01. The minimum absolute atomic E-state index is 0.267. The van der Waals surface area contributed by atoms with Gasteiger partial charge in [-0.3, -0.25) is 4.99 Å². The monoisotopic (exact) mass is 433 g/mol. The summed E-state index contributed by atoms with van der Waals surface area (Å²) in [6, 6.07) is 14.2. The highest BCUT2D eigenvalue weighted by atomic mass is 79.9. The van der Waals surface area contributed by atoms with Crippen molar-refractivity contribution in [3.05, 3.63) is 74.6 Å². The van der Waals surface area contributed by atoms with E-state index in [1.807, 2.05) is 29.6 Å². The van der Waals surface area contributed by atoms with E-state index in [1.54, 1.807) is 30.1 Å². The Hall–Kier alpha value is -2.09. The molecule has 4 nitrogen and oxygen atoms in total. The van der Waals surface area contributed by atoms with Gasteiger partial charge >= 0.3 is 0 Å². The van der Waals surface area contributed by atoms with Crippen LogP contribution >= 0.6 is 27.3 Å². The predicted molar refractivity (Wildman–Crippen MR) is 107 cm³/mol. The summed E-state index contributed by atoms with van der Waals surface area (Å²) >= 11 is 4.97. The first kappa shape index (κ1) is 18.7. The first-order valence-corrected chi connectivity index (χ1v) is 9.60. The van der Waals surface area contributed by atoms with E-state index in [2.05, 4.69) is 26.0 Å². The van der Waals surface area contributed by atoms with Crippen LogP contribution in [-0.4, -0.2) is 31.2 Å². The third-order valence-electron chi connectivity index (χ3n) is 3.56. The molecule has 134 valence electrons. The van der Waals surface area contributed by atoms with Crippen molar-refractivity contribution in [2.45, 2.75) is 0 Å². The third kappa shape index (κ3) is 4.75. The van der Waals surface area contributed by atoms with Crippen molar-refractivity contribution in [2.24, 2.45) is 10.1 Å². The molecule has 0 N–H and O–H groups in total. The quantitative estimate of drug-likeness (QED) is 0.415. The zero-order chi connectivity index (χ0) is 18.4. The van der Waals surface area contributed by atoms with Crippen molar-refractivity contribution in [1.82, 2.24) is 4.68 Å². The van der Waals surface area contributed by atoms with Crippen LogP contribution in [-0.2, 0) is 4.74 Å². The van der Waals surface area contributed by atoms with Gasteiger partial charge in [0, 0.05) is 22.5 Å². The predicted octanol–water partition coefficient (Wildman–Crippen LogP) is 4.55. The molecule has 0 fully saturated rings. The number of ether oxygens (including phenoxy) is 1. The van der Waals surface area contributed by atoms with E-state index < -0.39 is 0 Å². The lowest BCUT2D eigenvalue weighted by Crippen LogP contribution is -2.13. The molecular formula is C19H17BrFN3OS. The maximum absolute atomic E-state index is 13.1. The van der Waals surface area contributed by atoms with E-state index in [0.717, 1.165) is 26.1 Å². The first-order valence-electron chi connectivity index (χ1n) is 7.93. The van der Waals surface area contributed by atoms with E-state index in [-0.39, 0.29) is 5.82 Å². The van der Waals surface area contributed by atoms with Gasteiger partial charge < -0.3 is 4.74 Å². The molecule has 0 unspecified atom stereocenters. The number of halogens is 2. The second kappa shape index (κ2) is 9.02. The molecule has 0 radical (unpaired) electrons. The Kier molecular flexibility index (Phi) is 6.49. The van der Waals surface area contributed by atoms with Gasteiger partial charge in [0.15, 0.2) is 0 Å². The van der Waals surface area contributed by atoms with E-state index in [4.69, 9.17) is 4.74 Å². The Labute approximate surface area is 163 Å². The number of methoxy groups -OCH3 is 1. The highest BCUT2D eigenvalue weighted by Crippen LogP contribution is 2.22. The molecule has 7 heteroatoms. The van der Waals surface area contributed by atoms with Gasteiger partial charge in [0.2, 0.25) is 4.80 Å². The van der Waals surface area contributed by atoms with Crippen molar-refractivity contribution in [3.63, 3.8) is 0 Å². The summed E-state index contributed by atoms with van der Waals surface area (Å²) < 4.78 is 21.0. The molecule has 0 saturated carbocycles. The van der Waals surface area contributed by atoms with Crippen molar-refractivity contribution in [3.8, 4) is 11.3 Å². The van der Waals surface area contributed by atoms with Crippen molar-refractivity contribution < 1.29 is 9.13 Å². The zero-order valence-corrected chi connectivity index (χ0v) is 16.5. The number of rotatable bonds is 6. The number of benzene rings is 2. The molecule has 0 saturated heterocycles. The second-order valence-electron chi connectivity index (χ2n) is 5.39. The highest BCUT2D eigenvalue weighted by Gasteiger charge is 2.07. The molecule has 1 aromatic heterocycles. The van der Waals surface area contributed by atoms with Crippen LogP contribution in [0.25, 0.3) is 11.3 Å². The summed E-state index contributed by atoms with van der Waals surface area (Å²) in [5.74, 6) is -0.267. The molecular weight excluding hydrogens is 417 g/mol. The van der Waals surface area contributed by atoms with Crippen molar-refractivity contribution in [1.29, 1.82) is 0 Å². The molecule has 0 amide bonds. The van der Waals surface area contributed by atoms with Gasteiger partial charge in [0.1, 0.15) is 5.82 Å². The van der Waals surface area contributed by atoms with Crippen LogP contribution in [0.3, 0.4) is 0 Å². The molecule has 0 aliphatic carbocycles.